The van der Waals surface area contributed by atoms with E-state index >= 15 is 0 Å². The molecule has 0 bridgehead atoms. The Kier molecular flexibility index (Phi) is 6.39. The Morgan fingerprint density at radius 2 is 1.88 bits per heavy atom. The number of aromatic nitrogens is 2. The minimum atomic E-state index is -0.187. The molecule has 0 fully saturated rings. The number of carbonyl (C=O) groups is 2. The first-order valence-electron chi connectivity index (χ1n) is 7.78. The summed E-state index contributed by atoms with van der Waals surface area (Å²) in [5, 5.41) is 15.4. The van der Waals surface area contributed by atoms with E-state index in [9.17, 15) is 9.59 Å². The van der Waals surface area contributed by atoms with E-state index in [-0.39, 0.29) is 24.1 Å². The van der Waals surface area contributed by atoms with Gasteiger partial charge in [0, 0.05) is 6.54 Å². The van der Waals surface area contributed by atoms with Crippen LogP contribution in [-0.2, 0) is 17.9 Å². The van der Waals surface area contributed by atoms with Crippen molar-refractivity contribution in [2.75, 3.05) is 5.75 Å². The Bertz CT molecular complexity index is 850. The molecule has 0 saturated heterocycles. The Labute approximate surface area is 158 Å². The van der Waals surface area contributed by atoms with E-state index in [2.05, 4.69) is 20.8 Å². The zero-order chi connectivity index (χ0) is 18.2. The molecule has 2 aromatic heterocycles. The highest BCUT2D eigenvalue weighted by Crippen LogP contribution is 2.16. The normalized spacial score (nSPS) is 10.5. The summed E-state index contributed by atoms with van der Waals surface area (Å²) in [5.74, 6) is 0.162. The van der Waals surface area contributed by atoms with Crippen LogP contribution >= 0.6 is 23.1 Å². The fraction of sp³-hybridized carbons (Fsp3) is 0.176. The molecule has 3 rings (SSSR count). The number of carbonyl (C=O) groups excluding carboxylic acids is 2. The molecule has 0 aliphatic heterocycles. The van der Waals surface area contributed by atoms with Crippen LogP contribution < -0.4 is 10.6 Å². The molecule has 0 aliphatic carbocycles. The number of thiophene rings is 1. The smallest absolute Gasteiger partial charge is 0.277 e. The molecule has 0 radical (unpaired) electrons. The molecule has 3 aromatic rings. The van der Waals surface area contributed by atoms with Crippen LogP contribution in [0.25, 0.3) is 0 Å². The maximum atomic E-state index is 11.9. The lowest BCUT2D eigenvalue weighted by Crippen LogP contribution is -2.24. The van der Waals surface area contributed by atoms with Gasteiger partial charge in [0.15, 0.2) is 0 Å². The first kappa shape index (κ1) is 18.2. The van der Waals surface area contributed by atoms with Crippen LogP contribution in [0.4, 0.5) is 0 Å². The van der Waals surface area contributed by atoms with Crippen molar-refractivity contribution in [1.82, 2.24) is 20.8 Å². The van der Waals surface area contributed by atoms with Gasteiger partial charge >= 0.3 is 0 Å². The molecular formula is C17H16N4O3S2. The third-order valence-corrected chi connectivity index (χ3v) is 4.94. The third kappa shape index (κ3) is 5.43. The van der Waals surface area contributed by atoms with Crippen LogP contribution in [0.1, 0.15) is 21.1 Å². The summed E-state index contributed by atoms with van der Waals surface area (Å²) < 4.78 is 5.41. The van der Waals surface area contributed by atoms with Gasteiger partial charge in [0.1, 0.15) is 0 Å². The summed E-state index contributed by atoms with van der Waals surface area (Å²) in [6.07, 6.45) is 0. The number of amides is 2. The third-order valence-electron chi connectivity index (χ3n) is 3.25. The van der Waals surface area contributed by atoms with E-state index in [0.29, 0.717) is 22.5 Å². The van der Waals surface area contributed by atoms with E-state index in [1.807, 2.05) is 41.8 Å². The van der Waals surface area contributed by atoms with Gasteiger partial charge in [-0.1, -0.05) is 48.2 Å². The Morgan fingerprint density at radius 1 is 1.04 bits per heavy atom. The van der Waals surface area contributed by atoms with Gasteiger partial charge in [0.2, 0.25) is 11.8 Å². The minimum Gasteiger partial charge on any atom is -0.414 e. The number of hydrogen-bond acceptors (Lipinski definition) is 7. The quantitative estimate of drug-likeness (QED) is 0.576. The first-order chi connectivity index (χ1) is 12.7. The maximum absolute atomic E-state index is 11.9. The lowest BCUT2D eigenvalue weighted by Gasteiger charge is -2.03. The topological polar surface area (TPSA) is 97.1 Å². The van der Waals surface area contributed by atoms with Gasteiger partial charge < -0.3 is 15.1 Å². The van der Waals surface area contributed by atoms with Gasteiger partial charge in [-0.3, -0.25) is 9.59 Å². The van der Waals surface area contributed by atoms with Gasteiger partial charge in [-0.05, 0) is 17.0 Å². The van der Waals surface area contributed by atoms with Crippen molar-refractivity contribution in [3.8, 4) is 0 Å². The number of benzene rings is 1. The second kappa shape index (κ2) is 9.16. The van der Waals surface area contributed by atoms with Crippen LogP contribution in [0.5, 0.6) is 0 Å². The van der Waals surface area contributed by atoms with E-state index < -0.39 is 0 Å². The van der Waals surface area contributed by atoms with Crippen LogP contribution in [-0.4, -0.2) is 27.8 Å². The molecule has 0 atom stereocenters. The predicted molar refractivity (Wildman–Crippen MR) is 98.8 cm³/mol. The second-order valence-electron chi connectivity index (χ2n) is 5.17. The van der Waals surface area contributed by atoms with Crippen molar-refractivity contribution in [2.45, 2.75) is 18.3 Å². The van der Waals surface area contributed by atoms with Crippen LogP contribution in [0.3, 0.4) is 0 Å². The Morgan fingerprint density at radius 3 is 2.65 bits per heavy atom. The Hall–Kier alpha value is -2.65. The average molecular weight is 388 g/mol. The van der Waals surface area contributed by atoms with Gasteiger partial charge in [-0.2, -0.15) is 0 Å². The minimum absolute atomic E-state index is 0.121. The largest absolute Gasteiger partial charge is 0.414 e. The van der Waals surface area contributed by atoms with Gasteiger partial charge in [-0.25, -0.2) is 0 Å². The van der Waals surface area contributed by atoms with E-state index in [1.54, 1.807) is 6.07 Å². The fourth-order valence-corrected chi connectivity index (χ4v) is 3.24. The molecule has 2 N–H and O–H groups in total. The number of nitrogens with zero attached hydrogens (tertiary/aromatic N) is 2. The van der Waals surface area contributed by atoms with E-state index in [1.165, 1.54) is 11.3 Å². The molecule has 1 aromatic carbocycles. The molecule has 0 aliphatic rings. The van der Waals surface area contributed by atoms with Crippen molar-refractivity contribution >= 4 is 34.9 Å². The number of thioether (sulfide) groups is 1. The van der Waals surface area contributed by atoms with Gasteiger partial charge in [-0.15, -0.1) is 21.5 Å². The summed E-state index contributed by atoms with van der Waals surface area (Å²) in [6.45, 7) is 0.620. The van der Waals surface area contributed by atoms with Crippen molar-refractivity contribution in [2.24, 2.45) is 0 Å². The summed E-state index contributed by atoms with van der Waals surface area (Å²) in [4.78, 5) is 24.3. The lowest BCUT2D eigenvalue weighted by molar-refractivity contribution is -0.118. The highest BCUT2D eigenvalue weighted by molar-refractivity contribution is 7.99. The lowest BCUT2D eigenvalue weighted by atomic mass is 10.2. The van der Waals surface area contributed by atoms with Crippen LogP contribution in [0.2, 0.25) is 0 Å². The van der Waals surface area contributed by atoms with Crippen molar-refractivity contribution in [3.63, 3.8) is 0 Å². The molecule has 0 spiro atoms. The summed E-state index contributed by atoms with van der Waals surface area (Å²) in [6, 6.07) is 13.2. The molecule has 2 amide bonds. The first-order valence-corrected chi connectivity index (χ1v) is 9.65. The summed E-state index contributed by atoms with van der Waals surface area (Å²) in [5.41, 5.74) is 1.03. The van der Waals surface area contributed by atoms with Crippen molar-refractivity contribution in [3.05, 3.63) is 64.2 Å². The molecule has 0 unspecified atom stereocenters. The van der Waals surface area contributed by atoms with Gasteiger partial charge in [0.25, 0.3) is 11.1 Å². The van der Waals surface area contributed by atoms with Crippen molar-refractivity contribution in [1.29, 1.82) is 0 Å². The second-order valence-corrected chi connectivity index (χ2v) is 7.05. The SMILES string of the molecule is O=C(CSc1nnc(CNC(=O)c2cccs2)o1)NCc1ccccc1. The van der Waals surface area contributed by atoms with Gasteiger partial charge in [0.05, 0.1) is 17.2 Å². The monoisotopic (exact) mass is 388 g/mol. The number of hydrogen-bond donors (Lipinski definition) is 2. The zero-order valence-corrected chi connectivity index (χ0v) is 15.3. The predicted octanol–water partition coefficient (Wildman–Crippen LogP) is 2.47. The molecule has 0 saturated carbocycles. The zero-order valence-electron chi connectivity index (χ0n) is 13.7. The van der Waals surface area contributed by atoms with E-state index in [4.69, 9.17) is 4.42 Å². The standard InChI is InChI=1S/C17H16N4O3S2/c22-14(18-9-12-5-2-1-3-6-12)11-26-17-21-20-15(24-17)10-19-16(23)13-7-4-8-25-13/h1-8H,9-11H2,(H,18,22)(H,19,23). The highest BCUT2D eigenvalue weighted by atomic mass is 32.2. The number of rotatable bonds is 8. The molecule has 2 heterocycles. The average Bonchev–Trinajstić information content (AvgIpc) is 3.35. The number of nitrogens with one attached hydrogen (secondary N) is 2. The van der Waals surface area contributed by atoms with E-state index in [0.717, 1.165) is 17.3 Å². The molecule has 26 heavy (non-hydrogen) atoms. The molecule has 7 nitrogen and oxygen atoms in total. The van der Waals surface area contributed by atoms with Crippen LogP contribution in [0, 0.1) is 0 Å². The molecule has 9 heteroatoms. The maximum Gasteiger partial charge on any atom is 0.277 e. The van der Waals surface area contributed by atoms with Crippen molar-refractivity contribution < 1.29 is 14.0 Å². The highest BCUT2D eigenvalue weighted by Gasteiger charge is 2.12. The van der Waals surface area contributed by atoms with Crippen LogP contribution in [0.15, 0.2) is 57.5 Å². The fourth-order valence-electron chi connectivity index (χ4n) is 1.99. The summed E-state index contributed by atoms with van der Waals surface area (Å²) >= 11 is 2.51. The summed E-state index contributed by atoms with van der Waals surface area (Å²) in [7, 11) is 0. The molecule has 134 valence electrons. The Balaban J connectivity index is 1.39. The molecular weight excluding hydrogens is 372 g/mol.